The first kappa shape index (κ1) is 23.2. The van der Waals surface area contributed by atoms with Crippen LogP contribution in [0.4, 0.5) is 29.1 Å². The molecule has 2 aromatic heterocycles. The number of hydrogen-bond donors (Lipinski definition) is 2. The molecule has 0 spiro atoms. The molecule has 0 unspecified atom stereocenters. The second kappa shape index (κ2) is 10.8. The number of pyridine rings is 1. The Labute approximate surface area is 210 Å². The molecular formula is C27H28N8O. The van der Waals surface area contributed by atoms with Gasteiger partial charge in [-0.15, -0.1) is 0 Å². The van der Waals surface area contributed by atoms with Crippen molar-refractivity contribution in [1.82, 2.24) is 19.9 Å². The number of carbonyl (C=O) groups excluding carboxylic acids is 1. The fourth-order valence-corrected chi connectivity index (χ4v) is 4.05. The summed E-state index contributed by atoms with van der Waals surface area (Å²) < 4.78 is 0. The zero-order valence-electron chi connectivity index (χ0n) is 20.1. The van der Waals surface area contributed by atoms with E-state index in [1.807, 2.05) is 43.3 Å². The molecule has 0 radical (unpaired) electrons. The number of amides is 1. The number of piperazine rings is 1. The molecule has 1 fully saturated rings. The van der Waals surface area contributed by atoms with Crippen LogP contribution >= 0.6 is 0 Å². The van der Waals surface area contributed by atoms with E-state index in [0.717, 1.165) is 31.9 Å². The fourth-order valence-electron chi connectivity index (χ4n) is 4.05. The van der Waals surface area contributed by atoms with Gasteiger partial charge in [0, 0.05) is 55.7 Å². The third-order valence-corrected chi connectivity index (χ3v) is 5.96. The average Bonchev–Trinajstić information content (AvgIpc) is 2.94. The zero-order chi connectivity index (χ0) is 24.7. The van der Waals surface area contributed by atoms with Gasteiger partial charge in [0.15, 0.2) is 0 Å². The van der Waals surface area contributed by atoms with Gasteiger partial charge in [-0.1, -0.05) is 43.3 Å². The van der Waals surface area contributed by atoms with E-state index >= 15 is 0 Å². The van der Waals surface area contributed by atoms with E-state index in [1.165, 1.54) is 5.69 Å². The minimum Gasteiger partial charge on any atom is -0.368 e. The summed E-state index contributed by atoms with van der Waals surface area (Å²) in [5, 5.41) is 6.05. The van der Waals surface area contributed by atoms with Crippen molar-refractivity contribution in [3.63, 3.8) is 0 Å². The van der Waals surface area contributed by atoms with Gasteiger partial charge in [-0.25, -0.2) is 4.98 Å². The van der Waals surface area contributed by atoms with Crippen LogP contribution in [-0.4, -0.2) is 52.0 Å². The Morgan fingerprint density at radius 2 is 1.56 bits per heavy atom. The molecular weight excluding hydrogens is 452 g/mol. The van der Waals surface area contributed by atoms with Gasteiger partial charge in [-0.05, 0) is 36.4 Å². The standard InChI is InChI=1S/C27H28N8O/c1-2-23-30-26(31-24-19-20(13-14-28-24)25(36)29-21-9-5-3-6-10-21)33-27(32-23)35-17-15-34(16-18-35)22-11-7-4-8-12-22/h3-14,19H,2,15-18H2,1H3,(H,29,36)(H,28,30,31,32,33). The first-order valence-corrected chi connectivity index (χ1v) is 12.1. The monoisotopic (exact) mass is 480 g/mol. The SMILES string of the molecule is CCc1nc(Nc2cc(C(=O)Nc3ccccc3)ccn2)nc(N2CCN(c3ccccc3)CC2)n1. The lowest BCUT2D eigenvalue weighted by Gasteiger charge is -2.36. The summed E-state index contributed by atoms with van der Waals surface area (Å²) in [6.45, 7) is 5.42. The molecule has 2 aromatic carbocycles. The zero-order valence-corrected chi connectivity index (χ0v) is 20.1. The summed E-state index contributed by atoms with van der Waals surface area (Å²) in [7, 11) is 0. The van der Waals surface area contributed by atoms with Gasteiger partial charge in [-0.2, -0.15) is 15.0 Å². The first-order valence-electron chi connectivity index (χ1n) is 12.1. The summed E-state index contributed by atoms with van der Waals surface area (Å²) in [4.78, 5) is 35.5. The summed E-state index contributed by atoms with van der Waals surface area (Å²) in [6, 6.07) is 23.1. The highest BCUT2D eigenvalue weighted by atomic mass is 16.1. The highest BCUT2D eigenvalue weighted by molar-refractivity contribution is 6.04. The van der Waals surface area contributed by atoms with E-state index in [0.29, 0.717) is 35.5 Å². The van der Waals surface area contributed by atoms with Crippen LogP contribution in [0, 0.1) is 0 Å². The smallest absolute Gasteiger partial charge is 0.255 e. The highest BCUT2D eigenvalue weighted by Crippen LogP contribution is 2.20. The van der Waals surface area contributed by atoms with Crippen LogP contribution in [0.1, 0.15) is 23.1 Å². The lowest BCUT2D eigenvalue weighted by Crippen LogP contribution is -2.47. The predicted molar refractivity (Wildman–Crippen MR) is 142 cm³/mol. The molecule has 9 nitrogen and oxygen atoms in total. The van der Waals surface area contributed by atoms with Crippen molar-refractivity contribution in [3.8, 4) is 0 Å². The Balaban J connectivity index is 1.29. The van der Waals surface area contributed by atoms with E-state index in [1.54, 1.807) is 18.3 Å². The van der Waals surface area contributed by atoms with Crippen LogP contribution in [0.2, 0.25) is 0 Å². The summed E-state index contributed by atoms with van der Waals surface area (Å²) in [5.74, 6) is 2.04. The number of nitrogens with zero attached hydrogens (tertiary/aromatic N) is 6. The number of hydrogen-bond acceptors (Lipinski definition) is 8. The molecule has 4 aromatic rings. The fraction of sp³-hybridized carbons (Fsp3) is 0.222. The summed E-state index contributed by atoms with van der Waals surface area (Å²) in [6.07, 6.45) is 2.27. The number of aromatic nitrogens is 4. The van der Waals surface area contributed by atoms with Crippen molar-refractivity contribution >= 4 is 35.0 Å². The van der Waals surface area contributed by atoms with Crippen LogP contribution in [0.5, 0.6) is 0 Å². The summed E-state index contributed by atoms with van der Waals surface area (Å²) >= 11 is 0. The molecule has 182 valence electrons. The highest BCUT2D eigenvalue weighted by Gasteiger charge is 2.21. The van der Waals surface area contributed by atoms with E-state index in [2.05, 4.69) is 64.6 Å². The van der Waals surface area contributed by atoms with Crippen molar-refractivity contribution < 1.29 is 4.79 Å². The molecule has 0 bridgehead atoms. The summed E-state index contributed by atoms with van der Waals surface area (Å²) in [5.41, 5.74) is 2.45. The number of nitrogens with one attached hydrogen (secondary N) is 2. The third-order valence-electron chi connectivity index (χ3n) is 5.96. The Morgan fingerprint density at radius 1 is 0.861 bits per heavy atom. The van der Waals surface area contributed by atoms with Crippen LogP contribution in [0.25, 0.3) is 0 Å². The first-order chi connectivity index (χ1) is 17.7. The Hall–Kier alpha value is -4.53. The Bertz CT molecular complexity index is 1310. The maximum absolute atomic E-state index is 12.7. The van der Waals surface area contributed by atoms with Crippen LogP contribution in [-0.2, 0) is 6.42 Å². The van der Waals surface area contributed by atoms with Gasteiger partial charge >= 0.3 is 0 Å². The van der Waals surface area contributed by atoms with Gasteiger partial charge in [-0.3, -0.25) is 4.79 Å². The molecule has 1 amide bonds. The number of carbonyl (C=O) groups is 1. The van der Waals surface area contributed by atoms with Gasteiger partial charge < -0.3 is 20.4 Å². The average molecular weight is 481 g/mol. The van der Waals surface area contributed by atoms with Crippen LogP contribution in [0.15, 0.2) is 79.0 Å². The van der Waals surface area contributed by atoms with Crippen molar-refractivity contribution in [3.05, 3.63) is 90.4 Å². The van der Waals surface area contributed by atoms with E-state index < -0.39 is 0 Å². The van der Waals surface area contributed by atoms with Crippen LogP contribution < -0.4 is 20.4 Å². The minimum absolute atomic E-state index is 0.214. The molecule has 0 saturated carbocycles. The number of rotatable bonds is 7. The van der Waals surface area contributed by atoms with Crippen molar-refractivity contribution in [2.24, 2.45) is 0 Å². The third kappa shape index (κ3) is 5.57. The number of para-hydroxylation sites is 2. The molecule has 1 aliphatic rings. The predicted octanol–water partition coefficient (Wildman–Crippen LogP) is 4.15. The van der Waals surface area contributed by atoms with Crippen molar-refractivity contribution in [2.75, 3.05) is 46.6 Å². The van der Waals surface area contributed by atoms with E-state index in [4.69, 9.17) is 0 Å². The number of anilines is 5. The Kier molecular flexibility index (Phi) is 6.98. The molecule has 36 heavy (non-hydrogen) atoms. The normalized spacial score (nSPS) is 13.4. The van der Waals surface area contributed by atoms with Gasteiger partial charge in [0.25, 0.3) is 5.91 Å². The largest absolute Gasteiger partial charge is 0.368 e. The molecule has 3 heterocycles. The molecule has 1 saturated heterocycles. The lowest BCUT2D eigenvalue weighted by atomic mass is 10.2. The maximum Gasteiger partial charge on any atom is 0.255 e. The molecule has 5 rings (SSSR count). The van der Waals surface area contributed by atoms with Gasteiger partial charge in [0.1, 0.15) is 11.6 Å². The maximum atomic E-state index is 12.7. The number of benzene rings is 2. The van der Waals surface area contributed by atoms with Crippen molar-refractivity contribution in [2.45, 2.75) is 13.3 Å². The second-order valence-corrected chi connectivity index (χ2v) is 8.41. The molecule has 1 aliphatic heterocycles. The van der Waals surface area contributed by atoms with Crippen LogP contribution in [0.3, 0.4) is 0 Å². The van der Waals surface area contributed by atoms with E-state index in [9.17, 15) is 4.79 Å². The Morgan fingerprint density at radius 3 is 2.28 bits per heavy atom. The molecule has 2 N–H and O–H groups in total. The lowest BCUT2D eigenvalue weighted by molar-refractivity contribution is 0.102. The van der Waals surface area contributed by atoms with E-state index in [-0.39, 0.29) is 5.91 Å². The topological polar surface area (TPSA) is 99.2 Å². The molecule has 0 aliphatic carbocycles. The molecule has 0 atom stereocenters. The minimum atomic E-state index is -0.214. The van der Waals surface area contributed by atoms with Gasteiger partial charge in [0.05, 0.1) is 0 Å². The second-order valence-electron chi connectivity index (χ2n) is 8.41. The molecule has 9 heteroatoms. The number of aryl methyl sites for hydroxylation is 1. The van der Waals surface area contributed by atoms with Crippen molar-refractivity contribution in [1.29, 1.82) is 0 Å². The van der Waals surface area contributed by atoms with Gasteiger partial charge in [0.2, 0.25) is 11.9 Å². The quantitative estimate of drug-likeness (QED) is 0.407.